The number of ether oxygens (including phenoxy) is 1. The second-order valence-corrected chi connectivity index (χ2v) is 7.35. The van der Waals surface area contributed by atoms with E-state index in [9.17, 15) is 30.3 Å². The van der Waals surface area contributed by atoms with Gasteiger partial charge in [0.25, 0.3) is 0 Å². The average Bonchev–Trinajstić information content (AvgIpc) is 2.71. The molecule has 0 aromatic heterocycles. The molecule has 0 amide bonds. The predicted octanol–water partition coefficient (Wildman–Crippen LogP) is 0.248. The summed E-state index contributed by atoms with van der Waals surface area (Å²) in [6.45, 7) is -0.677. The van der Waals surface area contributed by atoms with E-state index in [1.165, 1.54) is 30.3 Å². The van der Waals surface area contributed by atoms with E-state index in [-0.39, 0.29) is 11.1 Å². The van der Waals surface area contributed by atoms with Crippen LogP contribution in [0, 0.1) is 0 Å². The molecule has 1 saturated heterocycles. The van der Waals surface area contributed by atoms with Crippen molar-refractivity contribution in [1.29, 1.82) is 0 Å². The van der Waals surface area contributed by atoms with Crippen LogP contribution in [0.3, 0.4) is 0 Å². The van der Waals surface area contributed by atoms with E-state index in [2.05, 4.69) is 0 Å². The van der Waals surface area contributed by atoms with Gasteiger partial charge in [0.2, 0.25) is 5.79 Å². The minimum absolute atomic E-state index is 0.0796. The van der Waals surface area contributed by atoms with Crippen LogP contribution in [0.1, 0.15) is 27.0 Å². The summed E-state index contributed by atoms with van der Waals surface area (Å²) in [7, 11) is 0. The monoisotopic (exact) mass is 424 g/mol. The number of hydrogen-bond acceptors (Lipinski definition) is 7. The van der Waals surface area contributed by atoms with E-state index in [0.29, 0.717) is 17.0 Å². The maximum atomic E-state index is 11.0. The van der Waals surface area contributed by atoms with Crippen molar-refractivity contribution in [2.75, 3.05) is 6.61 Å². The van der Waals surface area contributed by atoms with Gasteiger partial charge in [-0.2, -0.15) is 0 Å². The molecule has 5 atom stereocenters. The molecule has 1 heterocycles. The Bertz CT molecular complexity index is 885. The molecule has 1 aliphatic heterocycles. The number of carboxylic acid groups (broad SMARTS) is 1. The Kier molecular flexibility index (Phi) is 6.25. The smallest absolute Gasteiger partial charge is 0.335 e. The van der Waals surface area contributed by atoms with Crippen molar-refractivity contribution < 1.29 is 40.2 Å². The third-order valence-electron chi connectivity index (χ3n) is 5.02. The molecule has 0 unspecified atom stereocenters. The summed E-state index contributed by atoms with van der Waals surface area (Å²) in [4.78, 5) is 11.0. The molecule has 3 rings (SSSR count). The van der Waals surface area contributed by atoms with Gasteiger partial charge in [-0.3, -0.25) is 0 Å². The highest BCUT2D eigenvalue weighted by molar-refractivity contribution is 6.31. The largest absolute Gasteiger partial charge is 0.478 e. The molecule has 29 heavy (non-hydrogen) atoms. The first-order valence-electron chi connectivity index (χ1n) is 8.83. The molecule has 8 nitrogen and oxygen atoms in total. The van der Waals surface area contributed by atoms with Gasteiger partial charge in [-0.1, -0.05) is 29.8 Å². The average molecular weight is 425 g/mol. The Morgan fingerprint density at radius 2 is 1.72 bits per heavy atom. The molecule has 0 radical (unpaired) electrons. The number of aliphatic hydroxyl groups is 5. The Morgan fingerprint density at radius 1 is 1.07 bits per heavy atom. The van der Waals surface area contributed by atoms with Crippen molar-refractivity contribution in [3.05, 3.63) is 69.7 Å². The van der Waals surface area contributed by atoms with E-state index in [1.807, 2.05) is 0 Å². The Balaban J connectivity index is 1.92. The lowest BCUT2D eigenvalue weighted by Gasteiger charge is -2.45. The predicted molar refractivity (Wildman–Crippen MR) is 102 cm³/mol. The van der Waals surface area contributed by atoms with E-state index in [4.69, 9.17) is 21.4 Å². The van der Waals surface area contributed by atoms with E-state index in [0.717, 1.165) is 5.56 Å². The lowest BCUT2D eigenvalue weighted by Crippen LogP contribution is -2.63. The van der Waals surface area contributed by atoms with Crippen LogP contribution in [0.25, 0.3) is 0 Å². The topological polar surface area (TPSA) is 148 Å². The van der Waals surface area contributed by atoms with Crippen molar-refractivity contribution in [2.45, 2.75) is 36.6 Å². The van der Waals surface area contributed by atoms with Crippen LogP contribution in [0.5, 0.6) is 0 Å². The van der Waals surface area contributed by atoms with Gasteiger partial charge < -0.3 is 35.4 Å². The number of aromatic carboxylic acids is 1. The quantitative estimate of drug-likeness (QED) is 0.400. The molecule has 156 valence electrons. The number of halogens is 1. The number of carbonyl (C=O) groups is 1. The van der Waals surface area contributed by atoms with Crippen LogP contribution in [-0.4, -0.2) is 67.6 Å². The summed E-state index contributed by atoms with van der Waals surface area (Å²) in [5.41, 5.74) is 1.53. The molecule has 0 bridgehead atoms. The lowest BCUT2D eigenvalue weighted by molar-refractivity contribution is -0.357. The highest BCUT2D eigenvalue weighted by Gasteiger charge is 2.53. The van der Waals surface area contributed by atoms with Crippen LogP contribution in [0.15, 0.2) is 42.5 Å². The Morgan fingerprint density at radius 3 is 2.31 bits per heavy atom. The molecular weight excluding hydrogens is 404 g/mol. The molecule has 2 aromatic carbocycles. The van der Waals surface area contributed by atoms with Crippen LogP contribution < -0.4 is 0 Å². The van der Waals surface area contributed by atoms with Crippen LogP contribution >= 0.6 is 11.6 Å². The highest BCUT2D eigenvalue weighted by atomic mass is 35.5. The molecule has 6 N–H and O–H groups in total. The van der Waals surface area contributed by atoms with Gasteiger partial charge in [-0.05, 0) is 41.8 Å². The van der Waals surface area contributed by atoms with Gasteiger partial charge in [-0.15, -0.1) is 0 Å². The Hall–Kier alpha value is -2.04. The zero-order valence-corrected chi connectivity index (χ0v) is 15.9. The molecule has 0 saturated carbocycles. The van der Waals surface area contributed by atoms with Gasteiger partial charge in [-0.25, -0.2) is 4.79 Å². The van der Waals surface area contributed by atoms with Gasteiger partial charge in [0.1, 0.15) is 24.4 Å². The third kappa shape index (κ3) is 4.15. The third-order valence-corrected chi connectivity index (χ3v) is 5.39. The van der Waals surface area contributed by atoms with Crippen LogP contribution in [0.2, 0.25) is 5.02 Å². The summed E-state index contributed by atoms with van der Waals surface area (Å²) >= 11 is 6.25. The van der Waals surface area contributed by atoms with Gasteiger partial charge in [0.05, 0.1) is 12.2 Å². The van der Waals surface area contributed by atoms with Gasteiger partial charge >= 0.3 is 5.97 Å². The number of carboxylic acids is 1. The molecule has 1 aliphatic rings. The first kappa shape index (κ1) is 21.7. The normalized spacial score (nSPS) is 29.6. The van der Waals surface area contributed by atoms with Gasteiger partial charge in [0, 0.05) is 10.6 Å². The zero-order valence-electron chi connectivity index (χ0n) is 15.1. The van der Waals surface area contributed by atoms with Crippen molar-refractivity contribution in [2.24, 2.45) is 0 Å². The Labute approximate surface area is 171 Å². The lowest BCUT2D eigenvalue weighted by atomic mass is 9.87. The second kappa shape index (κ2) is 8.37. The molecule has 0 spiro atoms. The second-order valence-electron chi connectivity index (χ2n) is 6.95. The van der Waals surface area contributed by atoms with Crippen molar-refractivity contribution in [1.82, 2.24) is 0 Å². The first-order valence-corrected chi connectivity index (χ1v) is 9.21. The highest BCUT2D eigenvalue weighted by Crippen LogP contribution is 2.37. The number of rotatable bonds is 5. The molecule has 1 fully saturated rings. The number of benzene rings is 2. The van der Waals surface area contributed by atoms with Gasteiger partial charge in [0.15, 0.2) is 0 Å². The van der Waals surface area contributed by atoms with E-state index >= 15 is 0 Å². The summed E-state index contributed by atoms with van der Waals surface area (Å²) < 4.78 is 5.33. The summed E-state index contributed by atoms with van der Waals surface area (Å²) in [5, 5.41) is 59.8. The maximum Gasteiger partial charge on any atom is 0.335 e. The number of hydrogen-bond donors (Lipinski definition) is 6. The molecule has 9 heteroatoms. The van der Waals surface area contributed by atoms with Crippen molar-refractivity contribution in [3.63, 3.8) is 0 Å². The van der Waals surface area contributed by atoms with Crippen molar-refractivity contribution >= 4 is 17.6 Å². The summed E-state index contributed by atoms with van der Waals surface area (Å²) in [6, 6.07) is 10.6. The molecule has 0 aliphatic carbocycles. The molecular formula is C20H21ClO8. The summed E-state index contributed by atoms with van der Waals surface area (Å²) in [6.07, 6.45) is -6.19. The van der Waals surface area contributed by atoms with Crippen LogP contribution in [-0.2, 0) is 16.9 Å². The standard InChI is InChI=1S/C20H21ClO8/c21-14-6-5-13(20(28)18(25)17(24)16(23)15(9-22)29-20)8-12(14)7-10-1-3-11(4-2-10)19(26)27/h1-6,8,15-18,22-25,28H,7,9H2,(H,26,27)/t15-,16-,17+,18-,20-/m1/s1. The zero-order chi connectivity index (χ0) is 21.3. The van der Waals surface area contributed by atoms with E-state index < -0.39 is 42.8 Å². The summed E-state index contributed by atoms with van der Waals surface area (Å²) in [5.74, 6) is -3.42. The SMILES string of the molecule is O=C(O)c1ccc(Cc2cc([C@@]3(O)O[C@H](CO)[C@@H](O)[C@H](O)[C@H]3O)ccc2Cl)cc1. The fourth-order valence-electron chi connectivity index (χ4n) is 3.31. The fraction of sp³-hybridized carbons (Fsp3) is 0.350. The fourth-order valence-corrected chi connectivity index (χ4v) is 3.49. The molecule has 2 aromatic rings. The maximum absolute atomic E-state index is 11.0. The van der Waals surface area contributed by atoms with Crippen LogP contribution in [0.4, 0.5) is 0 Å². The van der Waals surface area contributed by atoms with E-state index in [1.54, 1.807) is 12.1 Å². The minimum atomic E-state index is -2.38. The number of aliphatic hydroxyl groups excluding tert-OH is 4. The minimum Gasteiger partial charge on any atom is -0.478 e. The first-order chi connectivity index (χ1) is 13.7. The van der Waals surface area contributed by atoms with Crippen molar-refractivity contribution in [3.8, 4) is 0 Å².